The van der Waals surface area contributed by atoms with E-state index in [0.29, 0.717) is 5.56 Å². The van der Waals surface area contributed by atoms with Crippen molar-refractivity contribution in [1.29, 1.82) is 0 Å². The molecule has 5 heteroatoms. The van der Waals surface area contributed by atoms with E-state index >= 15 is 0 Å². The van der Waals surface area contributed by atoms with Gasteiger partial charge in [-0.05, 0) is 17.7 Å². The molecule has 0 amide bonds. The van der Waals surface area contributed by atoms with Gasteiger partial charge in [0.15, 0.2) is 6.04 Å². The van der Waals surface area contributed by atoms with E-state index in [9.17, 15) is 14.0 Å². The molecule has 1 rings (SSSR count). The predicted molar refractivity (Wildman–Crippen MR) is 54.0 cm³/mol. The highest BCUT2D eigenvalue weighted by molar-refractivity contribution is 5.77. The molecule has 0 radical (unpaired) electrons. The van der Waals surface area contributed by atoms with E-state index < -0.39 is 12.0 Å². The number of esters is 1. The summed E-state index contributed by atoms with van der Waals surface area (Å²) in [5.74, 6) is -0.982. The van der Waals surface area contributed by atoms with E-state index in [1.807, 2.05) is 0 Å². The maximum absolute atomic E-state index is 12.6. The molecular formula is C11H10FNO3. The van der Waals surface area contributed by atoms with E-state index in [0.717, 1.165) is 0 Å². The fourth-order valence-corrected chi connectivity index (χ4v) is 1.23. The van der Waals surface area contributed by atoms with E-state index in [4.69, 9.17) is 0 Å². The molecule has 16 heavy (non-hydrogen) atoms. The number of hydrogen-bond donors (Lipinski definition) is 0. The van der Waals surface area contributed by atoms with Crippen molar-refractivity contribution in [3.05, 3.63) is 35.6 Å². The zero-order valence-electron chi connectivity index (χ0n) is 8.64. The highest BCUT2D eigenvalue weighted by Crippen LogP contribution is 2.08. The molecule has 0 N–H and O–H groups in total. The Kier molecular flexibility index (Phi) is 4.36. The molecule has 0 fully saturated rings. The highest BCUT2D eigenvalue weighted by atomic mass is 19.1. The van der Waals surface area contributed by atoms with Crippen LogP contribution in [-0.2, 0) is 20.7 Å². The first-order valence-corrected chi connectivity index (χ1v) is 4.56. The fourth-order valence-electron chi connectivity index (χ4n) is 1.23. The molecule has 0 saturated carbocycles. The molecule has 0 aliphatic rings. The second-order valence-corrected chi connectivity index (χ2v) is 3.09. The average Bonchev–Trinajstić information content (AvgIpc) is 2.30. The summed E-state index contributed by atoms with van der Waals surface area (Å²) >= 11 is 0. The highest BCUT2D eigenvalue weighted by Gasteiger charge is 2.18. The van der Waals surface area contributed by atoms with Crippen LogP contribution in [0.4, 0.5) is 4.39 Å². The second kappa shape index (κ2) is 5.78. The van der Waals surface area contributed by atoms with Gasteiger partial charge >= 0.3 is 5.97 Å². The third-order valence-corrected chi connectivity index (χ3v) is 2.02. The zero-order chi connectivity index (χ0) is 12.0. The van der Waals surface area contributed by atoms with Crippen molar-refractivity contribution in [3.8, 4) is 0 Å². The van der Waals surface area contributed by atoms with Crippen LogP contribution >= 0.6 is 0 Å². The van der Waals surface area contributed by atoms with Crippen molar-refractivity contribution in [2.24, 2.45) is 4.99 Å². The molecule has 1 aromatic carbocycles. The van der Waals surface area contributed by atoms with Crippen molar-refractivity contribution in [2.75, 3.05) is 7.11 Å². The lowest BCUT2D eigenvalue weighted by atomic mass is 10.1. The number of carbonyl (C=O) groups excluding carboxylic acids is 2. The molecule has 0 heterocycles. The third-order valence-electron chi connectivity index (χ3n) is 2.02. The number of carbonyl (C=O) groups is 1. The molecule has 0 spiro atoms. The van der Waals surface area contributed by atoms with Gasteiger partial charge in [-0.1, -0.05) is 12.1 Å². The number of hydrogen-bond acceptors (Lipinski definition) is 4. The Hall–Kier alpha value is -2.00. The van der Waals surface area contributed by atoms with Gasteiger partial charge in [-0.3, -0.25) is 0 Å². The second-order valence-electron chi connectivity index (χ2n) is 3.09. The zero-order valence-corrected chi connectivity index (χ0v) is 8.64. The molecular weight excluding hydrogens is 213 g/mol. The van der Waals surface area contributed by atoms with Crippen molar-refractivity contribution < 1.29 is 18.7 Å². The van der Waals surface area contributed by atoms with Crippen LogP contribution in [0.3, 0.4) is 0 Å². The largest absolute Gasteiger partial charge is 0.467 e. The fraction of sp³-hybridized carbons (Fsp3) is 0.273. The van der Waals surface area contributed by atoms with Gasteiger partial charge < -0.3 is 4.74 Å². The summed E-state index contributed by atoms with van der Waals surface area (Å²) in [4.78, 5) is 24.7. The minimum atomic E-state index is -0.923. The van der Waals surface area contributed by atoms with E-state index in [-0.39, 0.29) is 12.2 Å². The Morgan fingerprint density at radius 2 is 2.12 bits per heavy atom. The van der Waals surface area contributed by atoms with Crippen LogP contribution in [0.25, 0.3) is 0 Å². The number of ether oxygens (including phenoxy) is 1. The van der Waals surface area contributed by atoms with E-state index in [1.54, 1.807) is 0 Å². The van der Waals surface area contributed by atoms with Gasteiger partial charge in [0, 0.05) is 6.42 Å². The monoisotopic (exact) mass is 223 g/mol. The summed E-state index contributed by atoms with van der Waals surface area (Å²) in [7, 11) is 1.21. The number of benzene rings is 1. The van der Waals surface area contributed by atoms with Crippen molar-refractivity contribution in [1.82, 2.24) is 0 Å². The first-order valence-electron chi connectivity index (χ1n) is 4.56. The maximum atomic E-state index is 12.6. The van der Waals surface area contributed by atoms with Gasteiger partial charge in [-0.25, -0.2) is 14.0 Å². The Labute approximate surface area is 91.8 Å². The van der Waals surface area contributed by atoms with Gasteiger partial charge in [0.25, 0.3) is 0 Å². The predicted octanol–water partition coefficient (Wildman–Crippen LogP) is 1.25. The Bertz CT molecular complexity index is 410. The van der Waals surface area contributed by atoms with Crippen molar-refractivity contribution in [2.45, 2.75) is 12.5 Å². The minimum absolute atomic E-state index is 0.183. The van der Waals surface area contributed by atoms with Crippen molar-refractivity contribution in [3.63, 3.8) is 0 Å². The SMILES string of the molecule is COC(=O)[C@H](Cc1ccc(F)cc1)N=C=O. The summed E-state index contributed by atoms with van der Waals surface area (Å²) < 4.78 is 17.1. The van der Waals surface area contributed by atoms with E-state index in [2.05, 4.69) is 9.73 Å². The molecule has 1 atom stereocenters. The molecule has 0 aromatic heterocycles. The van der Waals surface area contributed by atoms with Gasteiger partial charge in [0.1, 0.15) is 5.82 Å². The molecule has 4 nitrogen and oxygen atoms in total. The summed E-state index contributed by atoms with van der Waals surface area (Å²) in [5, 5.41) is 0. The first kappa shape index (κ1) is 12.1. The Balaban J connectivity index is 2.79. The topological polar surface area (TPSA) is 55.7 Å². The average molecular weight is 223 g/mol. The molecule has 84 valence electrons. The maximum Gasteiger partial charge on any atom is 0.331 e. The minimum Gasteiger partial charge on any atom is -0.467 e. The number of methoxy groups -OCH3 is 1. The van der Waals surface area contributed by atoms with Crippen molar-refractivity contribution >= 4 is 12.0 Å². The standard InChI is InChI=1S/C11H10FNO3/c1-16-11(15)10(13-7-14)6-8-2-4-9(12)5-3-8/h2-5,10H,6H2,1H3/t10-/m0/s1. The van der Waals surface area contributed by atoms with Gasteiger partial charge in [-0.15, -0.1) is 0 Å². The summed E-state index contributed by atoms with van der Waals surface area (Å²) in [5.41, 5.74) is 0.691. The van der Waals surface area contributed by atoms with Crippen LogP contribution in [0.1, 0.15) is 5.56 Å². The molecule has 0 aliphatic heterocycles. The smallest absolute Gasteiger partial charge is 0.331 e. The lowest BCUT2D eigenvalue weighted by Gasteiger charge is -2.07. The molecule has 0 unspecified atom stereocenters. The van der Waals surface area contributed by atoms with Crippen LogP contribution < -0.4 is 0 Å². The molecule has 0 bridgehead atoms. The lowest BCUT2D eigenvalue weighted by Crippen LogP contribution is -2.22. The molecule has 1 aromatic rings. The number of isocyanates is 1. The Morgan fingerprint density at radius 1 is 1.50 bits per heavy atom. The molecule has 0 saturated heterocycles. The number of aliphatic imine (C=N–C) groups is 1. The Morgan fingerprint density at radius 3 is 2.62 bits per heavy atom. The van der Waals surface area contributed by atoms with Crippen LogP contribution in [-0.4, -0.2) is 25.2 Å². The normalized spacial score (nSPS) is 11.4. The van der Waals surface area contributed by atoms with Gasteiger partial charge in [0.05, 0.1) is 7.11 Å². The molecule has 0 aliphatic carbocycles. The van der Waals surface area contributed by atoms with Gasteiger partial charge in [-0.2, -0.15) is 4.99 Å². The van der Waals surface area contributed by atoms with Gasteiger partial charge in [0.2, 0.25) is 6.08 Å². The summed E-state index contributed by atoms with van der Waals surface area (Å²) in [6.07, 6.45) is 1.50. The number of rotatable bonds is 4. The quantitative estimate of drug-likeness (QED) is 0.438. The van der Waals surface area contributed by atoms with Crippen LogP contribution in [0.5, 0.6) is 0 Å². The number of halogens is 1. The van der Waals surface area contributed by atoms with Crippen LogP contribution in [0.2, 0.25) is 0 Å². The summed E-state index contributed by atoms with van der Waals surface area (Å²) in [6, 6.07) is 4.66. The van der Waals surface area contributed by atoms with Crippen LogP contribution in [0, 0.1) is 5.82 Å². The van der Waals surface area contributed by atoms with Crippen LogP contribution in [0.15, 0.2) is 29.3 Å². The number of nitrogens with zero attached hydrogens (tertiary/aromatic N) is 1. The first-order chi connectivity index (χ1) is 7.67. The summed E-state index contributed by atoms with van der Waals surface area (Å²) in [6.45, 7) is 0. The lowest BCUT2D eigenvalue weighted by molar-refractivity contribution is -0.142. The third kappa shape index (κ3) is 3.29. The van der Waals surface area contributed by atoms with E-state index in [1.165, 1.54) is 37.5 Å².